The number of hydrogen-bond acceptors (Lipinski definition) is 5. The first-order valence-electron chi connectivity index (χ1n) is 27.0. The predicted molar refractivity (Wildman–Crippen MR) is 282 cm³/mol. The van der Waals surface area contributed by atoms with Crippen LogP contribution in [-0.4, -0.2) is 46.9 Å². The Morgan fingerprint density at radius 1 is 0.462 bits per heavy atom. The highest BCUT2D eigenvalue weighted by atomic mass is 16.5. The Balaban J connectivity index is 4.72. The van der Waals surface area contributed by atoms with E-state index in [1.54, 1.807) is 0 Å². The second-order valence-corrected chi connectivity index (χ2v) is 18.0. The maximum atomic E-state index is 13.2. The fraction of sp³-hybridized carbons (Fsp3) is 0.695. The Bertz CT molecular complexity index is 1290. The molecule has 0 saturated carbocycles. The van der Waals surface area contributed by atoms with E-state index in [-0.39, 0.29) is 24.9 Å². The molecular weight excluding hydrogens is 803 g/mol. The summed E-state index contributed by atoms with van der Waals surface area (Å²) in [5.41, 5.74) is 0. The molecule has 0 spiro atoms. The van der Waals surface area contributed by atoms with Crippen molar-refractivity contribution < 1.29 is 24.5 Å². The van der Waals surface area contributed by atoms with Gasteiger partial charge in [0.15, 0.2) is 0 Å². The van der Waals surface area contributed by atoms with Crippen molar-refractivity contribution in [2.45, 2.75) is 257 Å². The number of aliphatic hydroxyl groups excluding tert-OH is 2. The van der Waals surface area contributed by atoms with E-state index in [9.17, 15) is 19.8 Å². The van der Waals surface area contributed by atoms with Gasteiger partial charge in [0, 0.05) is 6.42 Å². The molecule has 0 aromatic rings. The van der Waals surface area contributed by atoms with Gasteiger partial charge in [-0.15, -0.1) is 0 Å². The summed E-state index contributed by atoms with van der Waals surface area (Å²) in [6.45, 7) is 6.35. The molecule has 6 nitrogen and oxygen atoms in total. The largest absolute Gasteiger partial charge is 0.462 e. The van der Waals surface area contributed by atoms with Gasteiger partial charge in [-0.25, -0.2) is 0 Å². The third kappa shape index (κ3) is 47.1. The lowest BCUT2D eigenvalue weighted by atomic mass is 10.0. The number of carbonyl (C=O) groups is 2. The molecule has 0 bridgehead atoms. The number of nitrogens with one attached hydrogen (secondary N) is 1. The number of unbranched alkanes of at least 4 members (excludes halogenated alkanes) is 23. The van der Waals surface area contributed by atoms with E-state index >= 15 is 0 Å². The highest BCUT2D eigenvalue weighted by molar-refractivity contribution is 5.77. The maximum absolute atomic E-state index is 13.2. The van der Waals surface area contributed by atoms with Crippen LogP contribution in [0, 0.1) is 0 Å². The molecule has 3 atom stereocenters. The minimum Gasteiger partial charge on any atom is -0.462 e. The fourth-order valence-electron chi connectivity index (χ4n) is 7.64. The molecule has 1 amide bonds. The van der Waals surface area contributed by atoms with Crippen LogP contribution < -0.4 is 5.32 Å². The van der Waals surface area contributed by atoms with Crippen LogP contribution in [0.5, 0.6) is 0 Å². The summed E-state index contributed by atoms with van der Waals surface area (Å²) in [6.07, 6.45) is 68.8. The van der Waals surface area contributed by atoms with Gasteiger partial charge in [-0.3, -0.25) is 9.59 Å². The molecular formula is C59H101NO5. The topological polar surface area (TPSA) is 95.9 Å². The number of allylic oxidation sites excluding steroid dienone is 16. The summed E-state index contributed by atoms with van der Waals surface area (Å²) in [6, 6.07) is -0.725. The number of rotatable bonds is 47. The molecule has 6 heteroatoms. The third-order valence-electron chi connectivity index (χ3n) is 11.7. The van der Waals surface area contributed by atoms with Crippen LogP contribution in [0.15, 0.2) is 97.2 Å². The summed E-state index contributed by atoms with van der Waals surface area (Å²) in [7, 11) is 0. The monoisotopic (exact) mass is 904 g/mol. The lowest BCUT2D eigenvalue weighted by Crippen LogP contribution is -2.46. The Morgan fingerprint density at radius 3 is 1.43 bits per heavy atom. The first-order chi connectivity index (χ1) is 32.0. The van der Waals surface area contributed by atoms with Crippen molar-refractivity contribution in [1.29, 1.82) is 0 Å². The average Bonchev–Trinajstić information content (AvgIpc) is 3.30. The van der Waals surface area contributed by atoms with Crippen molar-refractivity contribution in [2.24, 2.45) is 0 Å². The Hall–Kier alpha value is -3.22. The Morgan fingerprint density at radius 2 is 0.877 bits per heavy atom. The van der Waals surface area contributed by atoms with Gasteiger partial charge in [-0.1, -0.05) is 240 Å². The van der Waals surface area contributed by atoms with Gasteiger partial charge in [0.2, 0.25) is 5.91 Å². The van der Waals surface area contributed by atoms with Crippen LogP contribution in [0.25, 0.3) is 0 Å². The Kier molecular flexibility index (Phi) is 49.2. The van der Waals surface area contributed by atoms with Crippen molar-refractivity contribution in [3.63, 3.8) is 0 Å². The lowest BCUT2D eigenvalue weighted by molar-refractivity contribution is -0.151. The molecule has 0 aromatic heterocycles. The quantitative estimate of drug-likeness (QED) is 0.0245. The normalized spacial score (nSPS) is 14.0. The third-order valence-corrected chi connectivity index (χ3v) is 11.7. The van der Waals surface area contributed by atoms with E-state index in [0.717, 1.165) is 96.3 Å². The van der Waals surface area contributed by atoms with Gasteiger partial charge in [-0.2, -0.15) is 0 Å². The molecule has 0 saturated heterocycles. The number of hydrogen-bond donors (Lipinski definition) is 3. The molecule has 0 aliphatic carbocycles. The van der Waals surface area contributed by atoms with Gasteiger partial charge < -0.3 is 20.3 Å². The molecule has 0 radical (unpaired) electrons. The number of carbonyl (C=O) groups excluding carboxylic acids is 2. The van der Waals surface area contributed by atoms with Crippen LogP contribution in [0.3, 0.4) is 0 Å². The molecule has 65 heavy (non-hydrogen) atoms. The summed E-state index contributed by atoms with van der Waals surface area (Å²) >= 11 is 0. The predicted octanol–water partition coefficient (Wildman–Crippen LogP) is 16.5. The van der Waals surface area contributed by atoms with Crippen molar-refractivity contribution in [1.82, 2.24) is 5.32 Å². The molecule has 372 valence electrons. The second kappa shape index (κ2) is 51.8. The van der Waals surface area contributed by atoms with Gasteiger partial charge >= 0.3 is 5.97 Å². The molecule has 0 aliphatic heterocycles. The molecule has 0 aliphatic rings. The first kappa shape index (κ1) is 61.8. The zero-order chi connectivity index (χ0) is 47.4. The molecule has 3 unspecified atom stereocenters. The average molecular weight is 904 g/mol. The highest BCUT2D eigenvalue weighted by Gasteiger charge is 2.24. The smallest absolute Gasteiger partial charge is 0.306 e. The van der Waals surface area contributed by atoms with Crippen LogP contribution in [0.2, 0.25) is 0 Å². The zero-order valence-electron chi connectivity index (χ0n) is 42.3. The van der Waals surface area contributed by atoms with Crippen molar-refractivity contribution in [3.8, 4) is 0 Å². The highest BCUT2D eigenvalue weighted by Crippen LogP contribution is 2.17. The van der Waals surface area contributed by atoms with Crippen LogP contribution >= 0.6 is 0 Å². The SMILES string of the molecule is CCC/C=C/C=C/C=C/C=C/C=C/CCCCCCCC(=O)OC(CCCC/C=C\C/C=C\C/C=C\CCCCC)CC(=O)NC(CO)C(O)CCCCCCCCCCCCCCC. The van der Waals surface area contributed by atoms with Crippen molar-refractivity contribution >= 4 is 11.9 Å². The number of aliphatic hydroxyl groups is 2. The van der Waals surface area contributed by atoms with E-state index in [0.29, 0.717) is 19.3 Å². The lowest BCUT2D eigenvalue weighted by Gasteiger charge is -2.24. The fourth-order valence-corrected chi connectivity index (χ4v) is 7.64. The zero-order valence-corrected chi connectivity index (χ0v) is 42.3. The van der Waals surface area contributed by atoms with E-state index in [1.807, 2.05) is 24.3 Å². The number of amides is 1. The molecule has 0 aromatic carbocycles. The summed E-state index contributed by atoms with van der Waals surface area (Å²) in [5.74, 6) is -0.545. The summed E-state index contributed by atoms with van der Waals surface area (Å²) < 4.78 is 5.92. The summed E-state index contributed by atoms with van der Waals surface area (Å²) in [5, 5.41) is 23.8. The van der Waals surface area contributed by atoms with E-state index in [4.69, 9.17) is 4.74 Å². The van der Waals surface area contributed by atoms with Crippen LogP contribution in [-0.2, 0) is 14.3 Å². The minimum absolute atomic E-state index is 0.0359. The second-order valence-electron chi connectivity index (χ2n) is 18.0. The maximum Gasteiger partial charge on any atom is 0.306 e. The number of esters is 1. The van der Waals surface area contributed by atoms with E-state index in [2.05, 4.69) is 99.0 Å². The minimum atomic E-state index is -0.808. The van der Waals surface area contributed by atoms with Gasteiger partial charge in [0.25, 0.3) is 0 Å². The van der Waals surface area contributed by atoms with E-state index < -0.39 is 18.2 Å². The van der Waals surface area contributed by atoms with Crippen LogP contribution in [0.4, 0.5) is 0 Å². The number of ether oxygens (including phenoxy) is 1. The molecule has 0 heterocycles. The molecule has 0 rings (SSSR count). The van der Waals surface area contributed by atoms with Gasteiger partial charge in [0.05, 0.1) is 25.2 Å². The van der Waals surface area contributed by atoms with Gasteiger partial charge in [-0.05, 0) is 83.5 Å². The molecule has 0 fully saturated rings. The van der Waals surface area contributed by atoms with Gasteiger partial charge in [0.1, 0.15) is 6.10 Å². The molecule has 3 N–H and O–H groups in total. The Labute approximate surface area is 401 Å². The van der Waals surface area contributed by atoms with E-state index in [1.165, 1.54) is 96.3 Å². The standard InChI is InChI=1S/C59H101NO5/c1-4-7-10-13-16-19-22-25-27-28-29-31-34-37-40-43-46-49-52-59(64)65-55(50-47-44-41-38-35-33-30-26-23-20-17-14-11-8-5-2)53-58(63)60-56(54-61)57(62)51-48-45-42-39-36-32-24-21-18-15-12-9-6-3/h10,13,16-17,19-20,22,25-31,35,38,55-57,61-62H,4-9,11-12,14-15,18,21,23-24,32-34,36-37,39-54H2,1-3H3,(H,60,63)/b13-10+,19-16+,20-17-,25-22+,28-27+,30-26-,31-29+,38-35-. The van der Waals surface area contributed by atoms with Crippen molar-refractivity contribution in [2.75, 3.05) is 6.61 Å². The summed E-state index contributed by atoms with van der Waals surface area (Å²) in [4.78, 5) is 26.2. The first-order valence-corrected chi connectivity index (χ1v) is 27.0. The van der Waals surface area contributed by atoms with Crippen molar-refractivity contribution in [3.05, 3.63) is 97.2 Å². The van der Waals surface area contributed by atoms with Crippen LogP contribution in [0.1, 0.15) is 239 Å².